The van der Waals surface area contributed by atoms with Gasteiger partial charge in [0.05, 0.1) is 0 Å². The van der Waals surface area contributed by atoms with E-state index in [1.165, 1.54) is 0 Å². The first-order valence-corrected chi connectivity index (χ1v) is 7.95. The molecule has 100 valence electrons. The molecule has 0 fully saturated rings. The van der Waals surface area contributed by atoms with Crippen molar-refractivity contribution in [3.05, 3.63) is 47.5 Å². The number of ether oxygens (including phenoxy) is 1. The van der Waals surface area contributed by atoms with Crippen LogP contribution >= 0.6 is 31.9 Å². The average molecular weight is 386 g/mol. The second kappa shape index (κ2) is 6.30. The molecule has 19 heavy (non-hydrogen) atoms. The van der Waals surface area contributed by atoms with Gasteiger partial charge in [-0.05, 0) is 36.4 Å². The number of anilines is 2. The number of hydrogen-bond acceptors (Lipinski definition) is 3. The summed E-state index contributed by atoms with van der Waals surface area (Å²) in [5, 5.41) is 1.37. The molecule has 2 rings (SSSR count). The van der Waals surface area contributed by atoms with E-state index in [1.807, 2.05) is 36.4 Å². The van der Waals surface area contributed by atoms with E-state index in [0.717, 1.165) is 34.0 Å². The molecule has 2 aromatic rings. The summed E-state index contributed by atoms with van der Waals surface area (Å²) in [6.45, 7) is 0. The number of nitrogens with two attached hydrogens (primary N) is 2. The van der Waals surface area contributed by atoms with Crippen molar-refractivity contribution in [3.8, 4) is 11.5 Å². The van der Waals surface area contributed by atoms with E-state index in [4.69, 9.17) is 16.2 Å². The topological polar surface area (TPSA) is 61.3 Å². The molecule has 4 N–H and O–H groups in total. The SMILES string of the molecule is Nc1ccc(Oc2ccc(N)cc2CBr)c(CBr)c1. The summed E-state index contributed by atoms with van der Waals surface area (Å²) < 4.78 is 5.96. The van der Waals surface area contributed by atoms with E-state index in [0.29, 0.717) is 10.7 Å². The van der Waals surface area contributed by atoms with Crippen molar-refractivity contribution in [2.24, 2.45) is 0 Å². The summed E-state index contributed by atoms with van der Waals surface area (Å²) >= 11 is 6.88. The van der Waals surface area contributed by atoms with Crippen LogP contribution < -0.4 is 16.2 Å². The lowest BCUT2D eigenvalue weighted by atomic mass is 10.2. The largest absolute Gasteiger partial charge is 0.457 e. The molecule has 5 heteroatoms. The van der Waals surface area contributed by atoms with Crippen LogP contribution in [0, 0.1) is 0 Å². The quantitative estimate of drug-likeness (QED) is 0.604. The molecule has 0 aromatic heterocycles. The number of rotatable bonds is 4. The Morgan fingerprint density at radius 3 is 1.58 bits per heavy atom. The number of hydrogen-bond donors (Lipinski definition) is 2. The summed E-state index contributed by atoms with van der Waals surface area (Å²) in [6, 6.07) is 11.2. The first-order valence-electron chi connectivity index (χ1n) is 5.70. The second-order valence-electron chi connectivity index (χ2n) is 4.10. The van der Waals surface area contributed by atoms with E-state index in [1.54, 1.807) is 0 Å². The monoisotopic (exact) mass is 384 g/mol. The third kappa shape index (κ3) is 3.42. The molecule has 0 unspecified atom stereocenters. The van der Waals surface area contributed by atoms with Crippen molar-refractivity contribution < 1.29 is 4.74 Å². The molecule has 3 nitrogen and oxygen atoms in total. The fourth-order valence-corrected chi connectivity index (χ4v) is 2.60. The van der Waals surface area contributed by atoms with Gasteiger partial charge in [0.2, 0.25) is 0 Å². The molecular weight excluding hydrogens is 372 g/mol. The Morgan fingerprint density at radius 1 is 0.789 bits per heavy atom. The first-order chi connectivity index (χ1) is 9.13. The predicted octanol–water partition coefficient (Wildman–Crippen LogP) is 4.43. The maximum atomic E-state index is 5.96. The molecule has 0 aliphatic heterocycles. The molecule has 0 saturated carbocycles. The molecular formula is C14H14Br2N2O. The Balaban J connectivity index is 2.36. The van der Waals surface area contributed by atoms with Crippen molar-refractivity contribution in [3.63, 3.8) is 0 Å². The normalized spacial score (nSPS) is 10.4. The Labute approximate surface area is 129 Å². The van der Waals surface area contributed by atoms with Gasteiger partial charge in [-0.3, -0.25) is 0 Å². The molecule has 0 radical (unpaired) electrons. The molecule has 0 amide bonds. The van der Waals surface area contributed by atoms with Gasteiger partial charge in [-0.1, -0.05) is 31.9 Å². The van der Waals surface area contributed by atoms with Gasteiger partial charge in [-0.25, -0.2) is 0 Å². The molecule has 0 atom stereocenters. The molecule has 0 aliphatic rings. The Morgan fingerprint density at radius 2 is 1.21 bits per heavy atom. The van der Waals surface area contributed by atoms with Gasteiger partial charge in [0, 0.05) is 33.2 Å². The Bertz CT molecular complexity index is 536. The summed E-state index contributed by atoms with van der Waals surface area (Å²) in [5.74, 6) is 1.58. The molecule has 0 spiro atoms. The third-order valence-electron chi connectivity index (χ3n) is 2.68. The van der Waals surface area contributed by atoms with Crippen LogP contribution in [0.2, 0.25) is 0 Å². The van der Waals surface area contributed by atoms with Crippen LogP contribution in [0.15, 0.2) is 36.4 Å². The van der Waals surface area contributed by atoms with Gasteiger partial charge in [0.15, 0.2) is 0 Å². The van der Waals surface area contributed by atoms with Crippen LogP contribution in [0.3, 0.4) is 0 Å². The van der Waals surface area contributed by atoms with E-state index in [-0.39, 0.29) is 0 Å². The van der Waals surface area contributed by atoms with E-state index < -0.39 is 0 Å². The van der Waals surface area contributed by atoms with Crippen molar-refractivity contribution >= 4 is 43.2 Å². The number of benzene rings is 2. The van der Waals surface area contributed by atoms with Gasteiger partial charge >= 0.3 is 0 Å². The highest BCUT2D eigenvalue weighted by Crippen LogP contribution is 2.32. The molecule has 0 heterocycles. The maximum Gasteiger partial charge on any atom is 0.131 e. The van der Waals surface area contributed by atoms with Gasteiger partial charge in [0.25, 0.3) is 0 Å². The van der Waals surface area contributed by atoms with E-state index in [2.05, 4.69) is 31.9 Å². The minimum absolute atomic E-state index is 0.686. The lowest BCUT2D eigenvalue weighted by Crippen LogP contribution is -1.96. The zero-order valence-electron chi connectivity index (χ0n) is 10.2. The smallest absolute Gasteiger partial charge is 0.131 e. The van der Waals surface area contributed by atoms with Crippen LogP contribution in [0.5, 0.6) is 11.5 Å². The van der Waals surface area contributed by atoms with Crippen molar-refractivity contribution in [2.45, 2.75) is 10.7 Å². The molecule has 0 bridgehead atoms. The fraction of sp³-hybridized carbons (Fsp3) is 0.143. The summed E-state index contributed by atoms with van der Waals surface area (Å²) in [7, 11) is 0. The van der Waals surface area contributed by atoms with Crippen LogP contribution in [0.4, 0.5) is 11.4 Å². The van der Waals surface area contributed by atoms with Gasteiger partial charge < -0.3 is 16.2 Å². The van der Waals surface area contributed by atoms with Gasteiger partial charge in [-0.15, -0.1) is 0 Å². The number of alkyl halides is 2. The van der Waals surface area contributed by atoms with Crippen molar-refractivity contribution in [2.75, 3.05) is 11.5 Å². The summed E-state index contributed by atoms with van der Waals surface area (Å²) in [6.07, 6.45) is 0. The number of halogens is 2. The maximum absolute atomic E-state index is 5.96. The molecule has 0 saturated heterocycles. The summed E-state index contributed by atoms with van der Waals surface area (Å²) in [5.41, 5.74) is 15.0. The van der Waals surface area contributed by atoms with E-state index in [9.17, 15) is 0 Å². The fourth-order valence-electron chi connectivity index (χ4n) is 1.73. The third-order valence-corrected chi connectivity index (χ3v) is 3.89. The van der Waals surface area contributed by atoms with Gasteiger partial charge in [0.1, 0.15) is 11.5 Å². The Hall–Kier alpha value is -1.20. The zero-order chi connectivity index (χ0) is 13.8. The lowest BCUT2D eigenvalue weighted by Gasteiger charge is -2.13. The minimum Gasteiger partial charge on any atom is -0.457 e. The zero-order valence-corrected chi connectivity index (χ0v) is 13.4. The average Bonchev–Trinajstić information content (AvgIpc) is 2.42. The van der Waals surface area contributed by atoms with Crippen LogP contribution in [0.25, 0.3) is 0 Å². The van der Waals surface area contributed by atoms with Crippen LogP contribution in [0.1, 0.15) is 11.1 Å². The molecule has 2 aromatic carbocycles. The van der Waals surface area contributed by atoms with Crippen molar-refractivity contribution in [1.82, 2.24) is 0 Å². The number of nitrogen functional groups attached to an aromatic ring is 2. The highest BCUT2D eigenvalue weighted by molar-refractivity contribution is 9.08. The summed E-state index contributed by atoms with van der Waals surface area (Å²) in [4.78, 5) is 0. The minimum atomic E-state index is 0.686. The Kier molecular flexibility index (Phi) is 4.71. The van der Waals surface area contributed by atoms with Gasteiger partial charge in [-0.2, -0.15) is 0 Å². The van der Waals surface area contributed by atoms with E-state index >= 15 is 0 Å². The van der Waals surface area contributed by atoms with Crippen molar-refractivity contribution in [1.29, 1.82) is 0 Å². The standard InChI is InChI=1S/C14H14Br2N2O/c15-7-9-5-11(17)1-3-13(9)19-14-4-2-12(18)6-10(14)8-16/h1-6H,7-8,17-18H2. The molecule has 0 aliphatic carbocycles. The highest BCUT2D eigenvalue weighted by atomic mass is 79.9. The van der Waals surface area contributed by atoms with Crippen LogP contribution in [-0.4, -0.2) is 0 Å². The second-order valence-corrected chi connectivity index (χ2v) is 5.23. The first kappa shape index (κ1) is 14.2. The predicted molar refractivity (Wildman–Crippen MR) is 87.0 cm³/mol. The van der Waals surface area contributed by atoms with Crippen LogP contribution in [-0.2, 0) is 10.7 Å². The lowest BCUT2D eigenvalue weighted by molar-refractivity contribution is 0.475. The highest BCUT2D eigenvalue weighted by Gasteiger charge is 2.08.